The normalized spacial score (nSPS) is 17.6. The molecule has 0 saturated carbocycles. The van der Waals surface area contributed by atoms with Crippen LogP contribution in [0.4, 0.5) is 5.69 Å². The first-order chi connectivity index (χ1) is 11.1. The fraction of sp³-hybridized carbons (Fsp3) is 0.235. The van der Waals surface area contributed by atoms with E-state index in [0.29, 0.717) is 15.7 Å². The summed E-state index contributed by atoms with van der Waals surface area (Å²) in [5, 5.41) is 3.74. The van der Waals surface area contributed by atoms with Crippen molar-refractivity contribution in [3.05, 3.63) is 63.6 Å². The van der Waals surface area contributed by atoms with E-state index in [2.05, 4.69) is 5.32 Å². The molecule has 0 aromatic heterocycles. The first-order valence-electron chi connectivity index (χ1n) is 7.25. The molecular formula is C17H15Cl2NO2S. The number of hydrogen-bond acceptors (Lipinski definition) is 2. The van der Waals surface area contributed by atoms with E-state index in [0.717, 1.165) is 24.0 Å². The van der Waals surface area contributed by atoms with E-state index in [-0.39, 0.29) is 16.9 Å². The van der Waals surface area contributed by atoms with E-state index in [1.165, 1.54) is 0 Å². The summed E-state index contributed by atoms with van der Waals surface area (Å²) in [6.45, 7) is 0. The lowest BCUT2D eigenvalue weighted by atomic mass is 10.1. The van der Waals surface area contributed by atoms with Crippen molar-refractivity contribution in [2.75, 3.05) is 11.1 Å². The van der Waals surface area contributed by atoms with Gasteiger partial charge < -0.3 is 5.32 Å². The summed E-state index contributed by atoms with van der Waals surface area (Å²) in [4.78, 5) is 12.1. The molecule has 0 unspecified atom stereocenters. The Kier molecular flexibility index (Phi) is 5.05. The van der Waals surface area contributed by atoms with Gasteiger partial charge in [-0.05, 0) is 42.2 Å². The molecule has 3 rings (SSSR count). The molecule has 1 aliphatic rings. The molecule has 2 aromatic carbocycles. The summed E-state index contributed by atoms with van der Waals surface area (Å²) in [7, 11) is -1.29. The number of hydrogen-bond donors (Lipinski definition) is 1. The molecule has 2 aromatic rings. The number of carbonyl (C=O) groups is 1. The first-order valence-corrected chi connectivity index (χ1v) is 9.39. The Morgan fingerprint density at radius 1 is 1.13 bits per heavy atom. The summed E-state index contributed by atoms with van der Waals surface area (Å²) in [6, 6.07) is 12.6. The number of carbonyl (C=O) groups excluding carboxylic acids is 1. The summed E-state index contributed by atoms with van der Waals surface area (Å²) in [5.74, 6) is -0.353. The van der Waals surface area contributed by atoms with Crippen molar-refractivity contribution in [1.29, 1.82) is 0 Å². The maximum atomic E-state index is 12.6. The van der Waals surface area contributed by atoms with Crippen molar-refractivity contribution < 1.29 is 9.00 Å². The Labute approximate surface area is 147 Å². The molecule has 0 fully saturated rings. The molecule has 1 N–H and O–H groups in total. The number of fused-ring (bicyclic) bond motifs is 1. The van der Waals surface area contributed by atoms with Crippen molar-refractivity contribution in [1.82, 2.24) is 0 Å². The highest BCUT2D eigenvalue weighted by Gasteiger charge is 2.29. The van der Waals surface area contributed by atoms with Crippen LogP contribution in [0.15, 0.2) is 42.5 Å². The van der Waals surface area contributed by atoms with Crippen molar-refractivity contribution >= 4 is 45.6 Å². The maximum Gasteiger partial charge on any atom is 0.237 e. The molecule has 0 spiro atoms. The van der Waals surface area contributed by atoms with Crippen LogP contribution >= 0.6 is 23.2 Å². The molecule has 0 bridgehead atoms. The van der Waals surface area contributed by atoms with Crippen molar-refractivity contribution in [3.8, 4) is 0 Å². The Morgan fingerprint density at radius 3 is 2.65 bits per heavy atom. The standard InChI is InChI=1S/C17H15Cl2NO2S/c18-13-6-3-4-12-11(13)8-9-16(12)23(22)10-17(21)20-15-7-2-1-5-14(15)19/h1-7,16H,8-10H2,(H,20,21)/t16-,23-/m0/s1. The van der Waals surface area contributed by atoms with Gasteiger partial charge in [-0.1, -0.05) is 47.5 Å². The first kappa shape index (κ1) is 16.5. The molecule has 3 nitrogen and oxygen atoms in total. The molecule has 1 amide bonds. The zero-order valence-corrected chi connectivity index (χ0v) is 14.5. The number of rotatable bonds is 4. The highest BCUT2D eigenvalue weighted by molar-refractivity contribution is 7.86. The van der Waals surface area contributed by atoms with Crippen LogP contribution in [0.2, 0.25) is 10.0 Å². The lowest BCUT2D eigenvalue weighted by Gasteiger charge is -2.12. The molecule has 120 valence electrons. The van der Waals surface area contributed by atoms with Gasteiger partial charge in [0.05, 0.1) is 16.0 Å². The molecule has 1 aliphatic carbocycles. The zero-order chi connectivity index (χ0) is 16.4. The van der Waals surface area contributed by atoms with Crippen LogP contribution in [-0.4, -0.2) is 15.9 Å². The van der Waals surface area contributed by atoms with Gasteiger partial charge in [0.15, 0.2) is 0 Å². The lowest BCUT2D eigenvalue weighted by Crippen LogP contribution is -2.22. The SMILES string of the molecule is O=C(C[S@](=O)[C@H]1CCc2c(Cl)cccc21)Nc1ccccc1Cl. The fourth-order valence-corrected chi connectivity index (χ4v) is 4.70. The van der Waals surface area contributed by atoms with E-state index in [9.17, 15) is 9.00 Å². The van der Waals surface area contributed by atoms with Crippen LogP contribution in [0.3, 0.4) is 0 Å². The number of para-hydroxylation sites is 1. The minimum absolute atomic E-state index is 0.0537. The second kappa shape index (κ2) is 7.04. The zero-order valence-electron chi connectivity index (χ0n) is 12.2. The van der Waals surface area contributed by atoms with Gasteiger partial charge in [0.2, 0.25) is 5.91 Å². The van der Waals surface area contributed by atoms with Gasteiger partial charge in [0.1, 0.15) is 5.75 Å². The van der Waals surface area contributed by atoms with Gasteiger partial charge in [-0.2, -0.15) is 0 Å². The van der Waals surface area contributed by atoms with Gasteiger partial charge in [0.25, 0.3) is 0 Å². The van der Waals surface area contributed by atoms with Gasteiger partial charge in [-0.3, -0.25) is 9.00 Å². The third kappa shape index (κ3) is 3.60. The topological polar surface area (TPSA) is 46.2 Å². The lowest BCUT2D eigenvalue weighted by molar-refractivity contribution is -0.113. The summed E-state index contributed by atoms with van der Waals surface area (Å²) < 4.78 is 12.6. The van der Waals surface area contributed by atoms with Crippen LogP contribution in [0.25, 0.3) is 0 Å². The Hall–Kier alpha value is -1.36. The predicted molar refractivity (Wildman–Crippen MR) is 95.6 cm³/mol. The second-order valence-electron chi connectivity index (χ2n) is 5.39. The largest absolute Gasteiger partial charge is 0.324 e. The number of amides is 1. The summed E-state index contributed by atoms with van der Waals surface area (Å²) in [5.41, 5.74) is 2.59. The second-order valence-corrected chi connectivity index (χ2v) is 7.82. The average molecular weight is 368 g/mol. The van der Waals surface area contributed by atoms with E-state index in [4.69, 9.17) is 23.2 Å². The molecule has 0 heterocycles. The molecule has 0 aliphatic heterocycles. The Morgan fingerprint density at radius 2 is 1.87 bits per heavy atom. The minimum Gasteiger partial charge on any atom is -0.324 e. The molecule has 0 saturated heterocycles. The van der Waals surface area contributed by atoms with E-state index in [1.807, 2.05) is 18.2 Å². The molecule has 2 atom stereocenters. The fourth-order valence-electron chi connectivity index (χ4n) is 2.82. The molecular weight excluding hydrogens is 353 g/mol. The highest BCUT2D eigenvalue weighted by Crippen LogP contribution is 2.39. The average Bonchev–Trinajstić information content (AvgIpc) is 2.95. The van der Waals surface area contributed by atoms with Gasteiger partial charge >= 0.3 is 0 Å². The Balaban J connectivity index is 1.68. The van der Waals surface area contributed by atoms with Crippen LogP contribution in [0.5, 0.6) is 0 Å². The van der Waals surface area contributed by atoms with Gasteiger partial charge in [0, 0.05) is 15.8 Å². The third-order valence-corrected chi connectivity index (χ3v) is 6.25. The maximum absolute atomic E-state index is 12.6. The number of nitrogens with one attached hydrogen (secondary N) is 1. The van der Waals surface area contributed by atoms with E-state index in [1.54, 1.807) is 24.3 Å². The molecule has 23 heavy (non-hydrogen) atoms. The number of halogens is 2. The monoisotopic (exact) mass is 367 g/mol. The smallest absolute Gasteiger partial charge is 0.237 e. The van der Waals surface area contributed by atoms with Crippen LogP contribution in [-0.2, 0) is 22.0 Å². The van der Waals surface area contributed by atoms with Crippen molar-refractivity contribution in [2.45, 2.75) is 18.1 Å². The summed E-state index contributed by atoms with van der Waals surface area (Å²) >= 11 is 12.2. The van der Waals surface area contributed by atoms with E-state index >= 15 is 0 Å². The third-order valence-electron chi connectivity index (χ3n) is 3.90. The highest BCUT2D eigenvalue weighted by atomic mass is 35.5. The predicted octanol–water partition coefficient (Wildman–Crippen LogP) is 4.37. The number of benzene rings is 2. The van der Waals surface area contributed by atoms with Crippen LogP contribution in [0.1, 0.15) is 22.8 Å². The Bertz CT molecular complexity index is 779. The molecule has 0 radical (unpaired) electrons. The minimum atomic E-state index is -1.29. The molecule has 6 heteroatoms. The number of anilines is 1. The van der Waals surface area contributed by atoms with Crippen molar-refractivity contribution in [2.24, 2.45) is 0 Å². The van der Waals surface area contributed by atoms with Crippen molar-refractivity contribution in [3.63, 3.8) is 0 Å². The van der Waals surface area contributed by atoms with E-state index < -0.39 is 10.8 Å². The van der Waals surface area contributed by atoms with Gasteiger partial charge in [-0.15, -0.1) is 0 Å². The quantitative estimate of drug-likeness (QED) is 0.871. The van der Waals surface area contributed by atoms with Crippen LogP contribution < -0.4 is 5.32 Å². The summed E-state index contributed by atoms with van der Waals surface area (Å²) in [6.07, 6.45) is 1.56. The van der Waals surface area contributed by atoms with Crippen LogP contribution in [0, 0.1) is 0 Å². The van der Waals surface area contributed by atoms with Gasteiger partial charge in [-0.25, -0.2) is 0 Å².